The van der Waals surface area contributed by atoms with Crippen molar-refractivity contribution in [1.82, 2.24) is 0 Å². The summed E-state index contributed by atoms with van der Waals surface area (Å²) in [7, 11) is 0. The molecule has 2 rings (SSSR count). The number of fused-ring (bicyclic) bond motifs is 1. The van der Waals surface area contributed by atoms with Gasteiger partial charge in [0.15, 0.2) is 0 Å². The van der Waals surface area contributed by atoms with Gasteiger partial charge in [-0.1, -0.05) is 59.5 Å². The molecule has 1 aliphatic carbocycles. The highest BCUT2D eigenvalue weighted by Crippen LogP contribution is 2.43. The monoisotopic (exact) mass is 449 g/mol. The molecule has 0 bridgehead atoms. The molecular formula is C28H51NO3. The average Bonchev–Trinajstić information content (AvgIpc) is 2.70. The van der Waals surface area contributed by atoms with Crippen LogP contribution in [0, 0.1) is 23.7 Å². The number of carbonyl (C=O) groups excluding carboxylic acids is 1. The standard InChI is InChI=1S/C28H51NO3/c1-20(10-7-16-27(5,31)17-9-12-22(3)26(29)30)11-8-18-28(6)19-15-24-14-13-21(2)23(4)25(24)32-28/h14,20-23,25,31H,7-13,15-19H2,1-6H3,(H2,29,30). The van der Waals surface area contributed by atoms with Gasteiger partial charge in [-0.15, -0.1) is 0 Å². The summed E-state index contributed by atoms with van der Waals surface area (Å²) < 4.78 is 6.71. The van der Waals surface area contributed by atoms with Crippen molar-refractivity contribution < 1.29 is 14.6 Å². The maximum absolute atomic E-state index is 11.1. The predicted molar refractivity (Wildman–Crippen MR) is 133 cm³/mol. The third kappa shape index (κ3) is 8.48. The van der Waals surface area contributed by atoms with Crippen molar-refractivity contribution in [1.29, 1.82) is 0 Å². The van der Waals surface area contributed by atoms with Gasteiger partial charge < -0.3 is 15.6 Å². The first-order valence-electron chi connectivity index (χ1n) is 13.3. The summed E-state index contributed by atoms with van der Waals surface area (Å²) in [6, 6.07) is 0. The van der Waals surface area contributed by atoms with Crippen LogP contribution < -0.4 is 5.73 Å². The molecule has 0 radical (unpaired) electrons. The summed E-state index contributed by atoms with van der Waals surface area (Å²) >= 11 is 0. The van der Waals surface area contributed by atoms with Crippen molar-refractivity contribution in [3.8, 4) is 0 Å². The van der Waals surface area contributed by atoms with Gasteiger partial charge in [0.1, 0.15) is 0 Å². The molecule has 3 N–H and O–H groups in total. The first-order valence-corrected chi connectivity index (χ1v) is 13.3. The minimum absolute atomic E-state index is 0.0266. The van der Waals surface area contributed by atoms with E-state index in [-0.39, 0.29) is 17.4 Å². The smallest absolute Gasteiger partial charge is 0.220 e. The maximum atomic E-state index is 11.1. The Morgan fingerprint density at radius 1 is 1.22 bits per heavy atom. The number of allylic oxidation sites excluding steroid dienone is 1. The van der Waals surface area contributed by atoms with Crippen LogP contribution in [0.2, 0.25) is 0 Å². The van der Waals surface area contributed by atoms with E-state index in [4.69, 9.17) is 10.5 Å². The number of aliphatic hydroxyl groups is 1. The summed E-state index contributed by atoms with van der Waals surface area (Å²) in [6.45, 7) is 13.2. The van der Waals surface area contributed by atoms with E-state index in [1.807, 2.05) is 13.8 Å². The molecule has 7 unspecified atom stereocenters. The van der Waals surface area contributed by atoms with Gasteiger partial charge in [0, 0.05) is 5.92 Å². The number of nitrogens with two attached hydrogens (primary N) is 1. The van der Waals surface area contributed by atoms with Gasteiger partial charge in [0.2, 0.25) is 5.91 Å². The van der Waals surface area contributed by atoms with E-state index in [1.54, 1.807) is 5.57 Å². The van der Waals surface area contributed by atoms with E-state index in [0.717, 1.165) is 57.3 Å². The van der Waals surface area contributed by atoms with Crippen LogP contribution in [-0.2, 0) is 9.53 Å². The number of hydrogen-bond acceptors (Lipinski definition) is 3. The van der Waals surface area contributed by atoms with Gasteiger partial charge in [-0.25, -0.2) is 0 Å². The van der Waals surface area contributed by atoms with E-state index in [9.17, 15) is 9.90 Å². The highest BCUT2D eigenvalue weighted by atomic mass is 16.5. The summed E-state index contributed by atoms with van der Waals surface area (Å²) in [5, 5.41) is 10.7. The maximum Gasteiger partial charge on any atom is 0.220 e. The number of amides is 1. The van der Waals surface area contributed by atoms with Crippen molar-refractivity contribution >= 4 is 5.91 Å². The van der Waals surface area contributed by atoms with Crippen LogP contribution in [0.4, 0.5) is 0 Å². The first kappa shape index (κ1) is 27.4. The molecule has 1 heterocycles. The molecule has 4 heteroatoms. The summed E-state index contributed by atoms with van der Waals surface area (Å²) in [5.74, 6) is 1.67. The molecule has 1 fully saturated rings. The Bertz CT molecular complexity index is 628. The molecule has 1 saturated heterocycles. The van der Waals surface area contributed by atoms with Gasteiger partial charge in [-0.05, 0) is 88.5 Å². The molecule has 0 aromatic heterocycles. The van der Waals surface area contributed by atoms with Crippen molar-refractivity contribution in [2.75, 3.05) is 0 Å². The normalized spacial score (nSPS) is 31.8. The number of rotatable bonds is 13. The molecule has 7 atom stereocenters. The minimum Gasteiger partial charge on any atom is -0.390 e. The second-order valence-corrected chi connectivity index (χ2v) is 11.9. The van der Waals surface area contributed by atoms with Crippen LogP contribution in [0.1, 0.15) is 119 Å². The van der Waals surface area contributed by atoms with E-state index in [2.05, 4.69) is 33.8 Å². The summed E-state index contributed by atoms with van der Waals surface area (Å²) in [4.78, 5) is 11.1. The number of hydrogen-bond donors (Lipinski definition) is 2. The summed E-state index contributed by atoms with van der Waals surface area (Å²) in [6.07, 6.45) is 15.4. The first-order chi connectivity index (χ1) is 14.9. The van der Waals surface area contributed by atoms with Crippen LogP contribution in [0.15, 0.2) is 11.6 Å². The molecule has 186 valence electrons. The van der Waals surface area contributed by atoms with Gasteiger partial charge >= 0.3 is 0 Å². The zero-order valence-electron chi connectivity index (χ0n) is 21.8. The second kappa shape index (κ2) is 12.0. The molecule has 1 aliphatic heterocycles. The third-order valence-electron chi connectivity index (χ3n) is 8.50. The second-order valence-electron chi connectivity index (χ2n) is 11.9. The van der Waals surface area contributed by atoms with Crippen LogP contribution in [0.3, 0.4) is 0 Å². The molecule has 32 heavy (non-hydrogen) atoms. The molecule has 0 spiro atoms. The highest BCUT2D eigenvalue weighted by molar-refractivity contribution is 5.76. The van der Waals surface area contributed by atoms with Crippen molar-refractivity contribution in [2.24, 2.45) is 29.4 Å². The van der Waals surface area contributed by atoms with E-state index in [0.29, 0.717) is 17.9 Å². The average molecular weight is 450 g/mol. The van der Waals surface area contributed by atoms with E-state index >= 15 is 0 Å². The molecule has 0 aromatic rings. The number of ether oxygens (including phenoxy) is 1. The van der Waals surface area contributed by atoms with Crippen LogP contribution >= 0.6 is 0 Å². The fourth-order valence-corrected chi connectivity index (χ4v) is 5.55. The fourth-order valence-electron chi connectivity index (χ4n) is 5.55. The zero-order chi connectivity index (χ0) is 23.9. The van der Waals surface area contributed by atoms with Gasteiger partial charge in [-0.2, -0.15) is 0 Å². The Labute approximate surface area is 197 Å². The topological polar surface area (TPSA) is 72.5 Å². The largest absolute Gasteiger partial charge is 0.390 e. The lowest BCUT2D eigenvalue weighted by Crippen LogP contribution is -2.45. The Hall–Kier alpha value is -0.870. The van der Waals surface area contributed by atoms with Gasteiger partial charge in [-0.3, -0.25) is 4.79 Å². The Morgan fingerprint density at radius 2 is 1.84 bits per heavy atom. The van der Waals surface area contributed by atoms with Crippen molar-refractivity contribution in [3.63, 3.8) is 0 Å². The van der Waals surface area contributed by atoms with Crippen LogP contribution in [0.25, 0.3) is 0 Å². The van der Waals surface area contributed by atoms with Crippen molar-refractivity contribution in [3.05, 3.63) is 11.6 Å². The van der Waals surface area contributed by atoms with Gasteiger partial charge in [0.25, 0.3) is 0 Å². The minimum atomic E-state index is -0.639. The number of primary amides is 1. The molecular weight excluding hydrogens is 398 g/mol. The van der Waals surface area contributed by atoms with Crippen LogP contribution in [-0.4, -0.2) is 28.3 Å². The molecule has 0 aromatic carbocycles. The lowest BCUT2D eigenvalue weighted by molar-refractivity contribution is -0.125. The zero-order valence-corrected chi connectivity index (χ0v) is 21.8. The lowest BCUT2D eigenvalue weighted by atomic mass is 9.74. The Morgan fingerprint density at radius 3 is 2.50 bits per heavy atom. The SMILES string of the molecule is CC(CCCC(C)(O)CCCC(C)C(N)=O)CCCC1(C)CCC2=CCC(C)C(C)C2O1. The Balaban J connectivity index is 1.64. The molecule has 2 aliphatic rings. The van der Waals surface area contributed by atoms with Crippen molar-refractivity contribution in [2.45, 2.75) is 136 Å². The quantitative estimate of drug-likeness (QED) is 0.313. The third-order valence-corrected chi connectivity index (χ3v) is 8.50. The molecule has 0 saturated carbocycles. The Kier molecular flexibility index (Phi) is 10.3. The molecule has 4 nitrogen and oxygen atoms in total. The van der Waals surface area contributed by atoms with E-state index < -0.39 is 5.60 Å². The number of carbonyl (C=O) groups is 1. The molecule has 1 amide bonds. The van der Waals surface area contributed by atoms with Crippen LogP contribution in [0.5, 0.6) is 0 Å². The van der Waals surface area contributed by atoms with E-state index in [1.165, 1.54) is 25.7 Å². The van der Waals surface area contributed by atoms with Gasteiger partial charge in [0.05, 0.1) is 17.3 Å². The fraction of sp³-hybridized carbons (Fsp3) is 0.893. The summed E-state index contributed by atoms with van der Waals surface area (Å²) in [5.41, 5.74) is 6.26. The lowest BCUT2D eigenvalue weighted by Gasteiger charge is -2.46. The highest BCUT2D eigenvalue weighted by Gasteiger charge is 2.40. The predicted octanol–water partition coefficient (Wildman–Crippen LogP) is 6.55.